The minimum atomic E-state index is 0.288. The molecule has 136 valence electrons. The van der Waals surface area contributed by atoms with Gasteiger partial charge in [0.2, 0.25) is 5.91 Å². The maximum Gasteiger partial charge on any atom is 0.222 e. The number of nitrogens with zero attached hydrogens (tertiary/aromatic N) is 2. The molecule has 0 radical (unpaired) electrons. The molecule has 1 heterocycles. The molecule has 6 heteroatoms. The van der Waals surface area contributed by atoms with Gasteiger partial charge in [-0.25, -0.2) is 0 Å². The molecule has 1 aromatic carbocycles. The summed E-state index contributed by atoms with van der Waals surface area (Å²) in [5, 5.41) is 7.61. The first-order valence-electron chi connectivity index (χ1n) is 9.25. The lowest BCUT2D eigenvalue weighted by atomic mass is 10.1. The van der Waals surface area contributed by atoms with Crippen LogP contribution in [0.5, 0.6) is 0 Å². The van der Waals surface area contributed by atoms with Crippen LogP contribution in [0, 0.1) is 0 Å². The van der Waals surface area contributed by atoms with Crippen molar-refractivity contribution in [2.75, 3.05) is 26.2 Å². The molecule has 1 saturated carbocycles. The van der Waals surface area contributed by atoms with Crippen LogP contribution >= 0.6 is 11.6 Å². The highest BCUT2D eigenvalue weighted by Gasteiger charge is 2.39. The molecule has 2 aliphatic rings. The highest BCUT2D eigenvalue weighted by atomic mass is 35.5. The average Bonchev–Trinajstić information content (AvgIpc) is 3.24. The van der Waals surface area contributed by atoms with Gasteiger partial charge in [0.25, 0.3) is 0 Å². The molecule has 2 fully saturated rings. The van der Waals surface area contributed by atoms with E-state index in [4.69, 9.17) is 11.6 Å². The number of amides is 1. The Labute approximate surface area is 154 Å². The third kappa shape index (κ3) is 5.11. The van der Waals surface area contributed by atoms with Crippen LogP contribution in [-0.4, -0.2) is 49.0 Å². The number of halogens is 1. The molecule has 0 bridgehead atoms. The van der Waals surface area contributed by atoms with Gasteiger partial charge in [0.1, 0.15) is 0 Å². The Morgan fingerprint density at radius 2 is 2.32 bits per heavy atom. The standard InChI is InChI=1S/C19H27ClN4O/c1-2-21-19(22-9-5-11-24-10-4-8-18(24)25)23-17-13-16(17)14-6-3-7-15(20)12-14/h3,6-7,12,16-17H,2,4-5,8-11,13H2,1H3,(H2,21,22,23). The summed E-state index contributed by atoms with van der Waals surface area (Å²) in [6.45, 7) is 5.36. The highest BCUT2D eigenvalue weighted by Crippen LogP contribution is 2.41. The summed E-state index contributed by atoms with van der Waals surface area (Å²) < 4.78 is 0. The third-order valence-corrected chi connectivity index (χ3v) is 5.00. The van der Waals surface area contributed by atoms with Gasteiger partial charge >= 0.3 is 0 Å². The SMILES string of the molecule is CCNC(=NCCCN1CCCC1=O)NC1CC1c1cccc(Cl)c1. The maximum atomic E-state index is 11.6. The van der Waals surface area contributed by atoms with Gasteiger partial charge in [-0.1, -0.05) is 23.7 Å². The minimum Gasteiger partial charge on any atom is -0.357 e. The molecule has 0 aromatic heterocycles. The summed E-state index contributed by atoms with van der Waals surface area (Å²) in [6, 6.07) is 8.51. The van der Waals surface area contributed by atoms with Crippen LogP contribution in [0.15, 0.2) is 29.3 Å². The second-order valence-electron chi connectivity index (χ2n) is 6.75. The van der Waals surface area contributed by atoms with Crippen LogP contribution < -0.4 is 10.6 Å². The molecule has 5 nitrogen and oxygen atoms in total. The van der Waals surface area contributed by atoms with Crippen molar-refractivity contribution in [3.05, 3.63) is 34.9 Å². The number of guanidine groups is 1. The molecule has 0 spiro atoms. The molecule has 25 heavy (non-hydrogen) atoms. The Kier molecular flexibility index (Phi) is 6.19. The van der Waals surface area contributed by atoms with Crippen molar-refractivity contribution in [1.82, 2.24) is 15.5 Å². The number of nitrogens with one attached hydrogen (secondary N) is 2. The Bertz CT molecular complexity index is 634. The number of aliphatic imine (C=N–C) groups is 1. The molecular weight excluding hydrogens is 336 g/mol. The fraction of sp³-hybridized carbons (Fsp3) is 0.579. The van der Waals surface area contributed by atoms with Gasteiger partial charge < -0.3 is 15.5 Å². The van der Waals surface area contributed by atoms with Crippen LogP contribution in [0.2, 0.25) is 5.02 Å². The smallest absolute Gasteiger partial charge is 0.222 e. The van der Waals surface area contributed by atoms with Crippen molar-refractivity contribution < 1.29 is 4.79 Å². The highest BCUT2D eigenvalue weighted by molar-refractivity contribution is 6.30. The lowest BCUT2D eigenvalue weighted by molar-refractivity contribution is -0.127. The van der Waals surface area contributed by atoms with Gasteiger partial charge in [-0.2, -0.15) is 0 Å². The zero-order chi connectivity index (χ0) is 17.6. The van der Waals surface area contributed by atoms with E-state index in [0.717, 1.165) is 56.4 Å². The summed E-state index contributed by atoms with van der Waals surface area (Å²) in [5.41, 5.74) is 1.29. The number of rotatable bonds is 7. The normalized spacial score (nSPS) is 23.0. The van der Waals surface area contributed by atoms with Gasteiger partial charge in [-0.3, -0.25) is 9.79 Å². The number of likely N-dealkylation sites (tertiary alicyclic amines) is 1. The van der Waals surface area contributed by atoms with E-state index >= 15 is 0 Å². The van der Waals surface area contributed by atoms with E-state index in [2.05, 4.69) is 28.6 Å². The Morgan fingerprint density at radius 1 is 1.44 bits per heavy atom. The topological polar surface area (TPSA) is 56.7 Å². The van der Waals surface area contributed by atoms with Gasteiger partial charge in [0.15, 0.2) is 5.96 Å². The number of benzene rings is 1. The quantitative estimate of drug-likeness (QED) is 0.445. The van der Waals surface area contributed by atoms with Crippen molar-refractivity contribution in [2.45, 2.75) is 44.6 Å². The Hall–Kier alpha value is -1.75. The molecule has 1 aliphatic carbocycles. The number of carbonyl (C=O) groups is 1. The third-order valence-electron chi connectivity index (χ3n) is 4.76. The van der Waals surface area contributed by atoms with Crippen LogP contribution in [-0.2, 0) is 4.79 Å². The number of hydrogen-bond donors (Lipinski definition) is 2. The molecule has 2 N–H and O–H groups in total. The summed E-state index contributed by atoms with van der Waals surface area (Å²) in [6.07, 6.45) is 3.72. The zero-order valence-electron chi connectivity index (χ0n) is 14.8. The number of carbonyl (C=O) groups excluding carboxylic acids is 1. The van der Waals surface area contributed by atoms with E-state index in [1.54, 1.807) is 0 Å². The van der Waals surface area contributed by atoms with E-state index in [0.29, 0.717) is 18.4 Å². The summed E-state index contributed by atoms with van der Waals surface area (Å²) in [5.74, 6) is 1.66. The van der Waals surface area contributed by atoms with Crippen LogP contribution in [0.3, 0.4) is 0 Å². The van der Waals surface area contributed by atoms with E-state index in [-0.39, 0.29) is 5.91 Å². The van der Waals surface area contributed by atoms with E-state index in [1.165, 1.54) is 5.56 Å². The monoisotopic (exact) mass is 362 g/mol. The van der Waals surface area contributed by atoms with Crippen molar-refractivity contribution in [2.24, 2.45) is 4.99 Å². The molecule has 1 amide bonds. The van der Waals surface area contributed by atoms with Crippen molar-refractivity contribution in [3.8, 4) is 0 Å². The predicted molar refractivity (Wildman–Crippen MR) is 102 cm³/mol. The summed E-state index contributed by atoms with van der Waals surface area (Å²) in [7, 11) is 0. The molecule has 3 rings (SSSR count). The Balaban J connectivity index is 1.45. The van der Waals surface area contributed by atoms with Crippen molar-refractivity contribution in [3.63, 3.8) is 0 Å². The van der Waals surface area contributed by atoms with Crippen molar-refractivity contribution >= 4 is 23.5 Å². The van der Waals surface area contributed by atoms with Gasteiger partial charge in [-0.05, 0) is 43.9 Å². The average molecular weight is 363 g/mol. The van der Waals surface area contributed by atoms with Gasteiger partial charge in [-0.15, -0.1) is 0 Å². The van der Waals surface area contributed by atoms with Crippen LogP contribution in [0.4, 0.5) is 0 Å². The first kappa shape index (κ1) is 18.1. The van der Waals surface area contributed by atoms with Gasteiger partial charge in [0, 0.05) is 49.6 Å². The lowest BCUT2D eigenvalue weighted by Crippen LogP contribution is -2.39. The molecule has 2 atom stereocenters. The predicted octanol–water partition coefficient (Wildman–Crippen LogP) is 2.76. The fourth-order valence-corrected chi connectivity index (χ4v) is 3.55. The molecule has 1 aromatic rings. The second kappa shape index (κ2) is 8.56. The largest absolute Gasteiger partial charge is 0.357 e. The van der Waals surface area contributed by atoms with E-state index in [1.807, 2.05) is 23.1 Å². The van der Waals surface area contributed by atoms with E-state index in [9.17, 15) is 4.79 Å². The van der Waals surface area contributed by atoms with Gasteiger partial charge in [0.05, 0.1) is 0 Å². The first-order chi connectivity index (χ1) is 12.2. The minimum absolute atomic E-state index is 0.288. The molecular formula is C19H27ClN4O. The second-order valence-corrected chi connectivity index (χ2v) is 7.18. The maximum absolute atomic E-state index is 11.6. The molecule has 2 unspecified atom stereocenters. The Morgan fingerprint density at radius 3 is 3.04 bits per heavy atom. The lowest BCUT2D eigenvalue weighted by Gasteiger charge is -2.15. The van der Waals surface area contributed by atoms with Crippen LogP contribution in [0.25, 0.3) is 0 Å². The summed E-state index contributed by atoms with van der Waals surface area (Å²) >= 11 is 6.08. The number of hydrogen-bond acceptors (Lipinski definition) is 2. The molecule has 1 aliphatic heterocycles. The molecule has 1 saturated heterocycles. The summed E-state index contributed by atoms with van der Waals surface area (Å²) in [4.78, 5) is 18.2. The first-order valence-corrected chi connectivity index (χ1v) is 9.63. The van der Waals surface area contributed by atoms with Crippen molar-refractivity contribution in [1.29, 1.82) is 0 Å². The van der Waals surface area contributed by atoms with E-state index < -0.39 is 0 Å². The van der Waals surface area contributed by atoms with Crippen LogP contribution in [0.1, 0.15) is 44.1 Å². The fourth-order valence-electron chi connectivity index (χ4n) is 3.35. The zero-order valence-corrected chi connectivity index (χ0v) is 15.6.